The van der Waals surface area contributed by atoms with Gasteiger partial charge in [-0.15, -0.1) is 0 Å². The van der Waals surface area contributed by atoms with Crippen molar-refractivity contribution in [3.63, 3.8) is 0 Å². The Morgan fingerprint density at radius 2 is 2.12 bits per heavy atom. The maximum atomic E-state index is 12.4. The van der Waals surface area contributed by atoms with Crippen LogP contribution >= 0.6 is 11.6 Å². The van der Waals surface area contributed by atoms with E-state index in [1.807, 2.05) is 6.07 Å². The van der Waals surface area contributed by atoms with Crippen LogP contribution in [0, 0.1) is 6.92 Å². The molecule has 3 heterocycles. The summed E-state index contributed by atoms with van der Waals surface area (Å²) >= 11 is 6.28. The molecule has 0 saturated heterocycles. The van der Waals surface area contributed by atoms with Crippen molar-refractivity contribution >= 4 is 28.6 Å². The summed E-state index contributed by atoms with van der Waals surface area (Å²) in [5.41, 5.74) is 2.36. The smallest absolute Gasteiger partial charge is 0.257 e. The summed E-state index contributed by atoms with van der Waals surface area (Å²) in [6.07, 6.45) is 2.26. The van der Waals surface area contributed by atoms with Crippen molar-refractivity contribution in [2.45, 2.75) is 19.9 Å². The molecule has 0 unspecified atom stereocenters. The number of aryl methyl sites for hydroxylation is 1. The van der Waals surface area contributed by atoms with Gasteiger partial charge < -0.3 is 19.3 Å². The molecule has 3 aromatic rings. The molecule has 134 valence electrons. The number of nitrogens with zero attached hydrogens (tertiary/aromatic N) is 2. The van der Waals surface area contributed by atoms with E-state index in [1.54, 1.807) is 19.1 Å². The van der Waals surface area contributed by atoms with Crippen molar-refractivity contribution < 1.29 is 18.8 Å². The molecule has 0 spiro atoms. The van der Waals surface area contributed by atoms with Crippen LogP contribution in [0.3, 0.4) is 0 Å². The fourth-order valence-electron chi connectivity index (χ4n) is 2.74. The SMILES string of the molecule is Cc1noc2ncc(C(=O)NCc3cc(Cl)c4c(c3)OCCCO4)cc12. The van der Waals surface area contributed by atoms with E-state index in [2.05, 4.69) is 15.5 Å². The summed E-state index contributed by atoms with van der Waals surface area (Å²) in [4.78, 5) is 16.5. The Labute approximate surface area is 154 Å². The second-order valence-electron chi connectivity index (χ2n) is 5.98. The molecule has 8 heteroatoms. The average molecular weight is 374 g/mol. The van der Waals surface area contributed by atoms with Crippen LogP contribution in [0.1, 0.15) is 28.0 Å². The summed E-state index contributed by atoms with van der Waals surface area (Å²) in [6, 6.07) is 5.31. The number of hydrogen-bond acceptors (Lipinski definition) is 6. The largest absolute Gasteiger partial charge is 0.489 e. The Morgan fingerprint density at radius 3 is 3.00 bits per heavy atom. The molecule has 1 aliphatic heterocycles. The third kappa shape index (κ3) is 3.17. The Kier molecular flexibility index (Phi) is 4.38. The predicted octanol–water partition coefficient (Wildman–Crippen LogP) is 3.28. The fraction of sp³-hybridized carbons (Fsp3) is 0.278. The summed E-state index contributed by atoms with van der Waals surface area (Å²) in [7, 11) is 0. The van der Waals surface area contributed by atoms with E-state index >= 15 is 0 Å². The lowest BCUT2D eigenvalue weighted by Gasteiger charge is -2.12. The highest BCUT2D eigenvalue weighted by atomic mass is 35.5. The molecule has 0 saturated carbocycles. The van der Waals surface area contributed by atoms with E-state index in [1.165, 1.54) is 6.20 Å². The zero-order valence-electron chi connectivity index (χ0n) is 14.0. The molecular weight excluding hydrogens is 358 g/mol. The van der Waals surface area contributed by atoms with Crippen LogP contribution in [0.2, 0.25) is 5.02 Å². The quantitative estimate of drug-likeness (QED) is 0.758. The summed E-state index contributed by atoms with van der Waals surface area (Å²) in [5.74, 6) is 0.905. The van der Waals surface area contributed by atoms with Gasteiger partial charge in [0.15, 0.2) is 11.5 Å². The van der Waals surface area contributed by atoms with Gasteiger partial charge in [0.2, 0.25) is 0 Å². The van der Waals surface area contributed by atoms with Crippen LogP contribution in [0.15, 0.2) is 28.9 Å². The Hall–Kier alpha value is -2.80. The minimum atomic E-state index is -0.247. The molecule has 0 fully saturated rings. The first-order valence-corrected chi connectivity index (χ1v) is 8.58. The van der Waals surface area contributed by atoms with Gasteiger partial charge in [-0.1, -0.05) is 16.8 Å². The molecule has 1 amide bonds. The highest BCUT2D eigenvalue weighted by Crippen LogP contribution is 2.37. The van der Waals surface area contributed by atoms with Gasteiger partial charge in [-0.05, 0) is 30.7 Å². The number of hydrogen-bond donors (Lipinski definition) is 1. The van der Waals surface area contributed by atoms with Crippen LogP contribution in [-0.4, -0.2) is 29.3 Å². The average Bonchev–Trinajstić information content (AvgIpc) is 2.85. The van der Waals surface area contributed by atoms with Crippen LogP contribution in [0.25, 0.3) is 11.1 Å². The highest BCUT2D eigenvalue weighted by Gasteiger charge is 2.16. The molecule has 0 aliphatic carbocycles. The van der Waals surface area contributed by atoms with E-state index in [4.69, 9.17) is 25.6 Å². The number of carbonyl (C=O) groups is 1. The second-order valence-corrected chi connectivity index (χ2v) is 6.39. The molecule has 1 N–H and O–H groups in total. The first-order chi connectivity index (χ1) is 12.6. The number of halogens is 1. The van der Waals surface area contributed by atoms with Crippen LogP contribution in [0.5, 0.6) is 11.5 Å². The number of carbonyl (C=O) groups excluding carboxylic acids is 1. The molecule has 1 aliphatic rings. The van der Waals surface area contributed by atoms with Crippen molar-refractivity contribution in [2.24, 2.45) is 0 Å². The number of amides is 1. The number of benzene rings is 1. The topological polar surface area (TPSA) is 86.5 Å². The minimum Gasteiger partial charge on any atom is -0.489 e. The molecule has 4 rings (SSSR count). The van der Waals surface area contributed by atoms with Gasteiger partial charge in [-0.2, -0.15) is 0 Å². The zero-order valence-corrected chi connectivity index (χ0v) is 14.8. The first kappa shape index (κ1) is 16.7. The third-order valence-electron chi connectivity index (χ3n) is 4.09. The van der Waals surface area contributed by atoms with Gasteiger partial charge in [-0.25, -0.2) is 4.98 Å². The number of pyridine rings is 1. The van der Waals surface area contributed by atoms with Crippen molar-refractivity contribution in [1.29, 1.82) is 0 Å². The number of aromatic nitrogens is 2. The molecule has 26 heavy (non-hydrogen) atoms. The van der Waals surface area contributed by atoms with Gasteiger partial charge in [0.25, 0.3) is 11.6 Å². The van der Waals surface area contributed by atoms with E-state index < -0.39 is 0 Å². The van der Waals surface area contributed by atoms with Gasteiger partial charge in [0, 0.05) is 19.2 Å². The maximum absolute atomic E-state index is 12.4. The van der Waals surface area contributed by atoms with Crippen molar-refractivity contribution in [1.82, 2.24) is 15.5 Å². The van der Waals surface area contributed by atoms with E-state index in [-0.39, 0.29) is 5.91 Å². The summed E-state index contributed by atoms with van der Waals surface area (Å²) in [5, 5.41) is 7.88. The molecule has 1 aromatic carbocycles. The number of fused-ring (bicyclic) bond motifs is 2. The first-order valence-electron chi connectivity index (χ1n) is 8.20. The van der Waals surface area contributed by atoms with E-state index in [0.717, 1.165) is 17.4 Å². The lowest BCUT2D eigenvalue weighted by atomic mass is 10.1. The standard InChI is InChI=1S/C18H16ClN3O4/c1-10-13-7-12(9-21-18(13)26-22-10)17(23)20-8-11-5-14(19)16-15(6-11)24-3-2-4-25-16/h5-7,9H,2-4,8H2,1H3,(H,20,23). The lowest BCUT2D eigenvalue weighted by molar-refractivity contribution is 0.0950. The minimum absolute atomic E-state index is 0.247. The van der Waals surface area contributed by atoms with Crippen LogP contribution < -0.4 is 14.8 Å². The molecule has 0 atom stereocenters. The molecular formula is C18H16ClN3O4. The molecule has 0 bridgehead atoms. The van der Waals surface area contributed by atoms with Gasteiger partial charge in [0.05, 0.1) is 34.9 Å². The van der Waals surface area contributed by atoms with E-state index in [9.17, 15) is 4.79 Å². The normalized spacial score (nSPS) is 13.5. The van der Waals surface area contributed by atoms with Crippen LogP contribution in [0.4, 0.5) is 0 Å². The maximum Gasteiger partial charge on any atom is 0.257 e. The zero-order chi connectivity index (χ0) is 18.1. The van der Waals surface area contributed by atoms with Gasteiger partial charge >= 0.3 is 0 Å². The highest BCUT2D eigenvalue weighted by molar-refractivity contribution is 6.32. The van der Waals surface area contributed by atoms with Gasteiger partial charge in [-0.3, -0.25) is 4.79 Å². The molecule has 7 nitrogen and oxygen atoms in total. The van der Waals surface area contributed by atoms with Gasteiger partial charge in [0.1, 0.15) is 0 Å². The number of ether oxygens (including phenoxy) is 2. The predicted molar refractivity (Wildman–Crippen MR) is 94.8 cm³/mol. The Morgan fingerprint density at radius 1 is 1.27 bits per heavy atom. The Bertz CT molecular complexity index is 986. The molecule has 0 radical (unpaired) electrons. The van der Waals surface area contributed by atoms with Crippen molar-refractivity contribution in [3.8, 4) is 11.5 Å². The monoisotopic (exact) mass is 373 g/mol. The summed E-state index contributed by atoms with van der Waals surface area (Å²) < 4.78 is 16.3. The lowest BCUT2D eigenvalue weighted by Crippen LogP contribution is -2.23. The fourth-order valence-corrected chi connectivity index (χ4v) is 3.03. The number of nitrogens with one attached hydrogen (secondary N) is 1. The van der Waals surface area contributed by atoms with Crippen LogP contribution in [-0.2, 0) is 6.54 Å². The van der Waals surface area contributed by atoms with Crippen molar-refractivity contribution in [2.75, 3.05) is 13.2 Å². The third-order valence-corrected chi connectivity index (χ3v) is 4.37. The van der Waals surface area contributed by atoms with E-state index in [0.29, 0.717) is 53.3 Å². The summed E-state index contributed by atoms with van der Waals surface area (Å²) in [6.45, 7) is 3.24. The van der Waals surface area contributed by atoms with Crippen molar-refractivity contribution in [3.05, 3.63) is 46.2 Å². The Balaban J connectivity index is 1.51. The second kappa shape index (κ2) is 6.84. The number of rotatable bonds is 3. The molecule has 2 aromatic heterocycles.